The van der Waals surface area contributed by atoms with E-state index in [4.69, 9.17) is 0 Å². The number of likely N-dealkylation sites (tertiary alicyclic amines) is 1. The maximum absolute atomic E-state index is 13.5. The summed E-state index contributed by atoms with van der Waals surface area (Å²) in [7, 11) is 0. The molecule has 0 radical (unpaired) electrons. The Hall–Kier alpha value is -2.44. The summed E-state index contributed by atoms with van der Waals surface area (Å²) < 4.78 is 13.5. The molecule has 1 heterocycles. The summed E-state index contributed by atoms with van der Waals surface area (Å²) in [6.07, 6.45) is 3.36. The molecule has 3 amide bonds. The number of amides is 3. The summed E-state index contributed by atoms with van der Waals surface area (Å²) in [4.78, 5) is 38.1. The highest BCUT2D eigenvalue weighted by Crippen LogP contribution is 2.32. The zero-order chi connectivity index (χ0) is 19.4. The van der Waals surface area contributed by atoms with E-state index in [0.717, 1.165) is 12.8 Å². The van der Waals surface area contributed by atoms with Crippen LogP contribution in [0.3, 0.4) is 0 Å². The Morgan fingerprint density at radius 1 is 1.04 bits per heavy atom. The molecule has 1 aromatic rings. The highest BCUT2D eigenvalue weighted by atomic mass is 19.1. The normalized spacial score (nSPS) is 17.5. The van der Waals surface area contributed by atoms with Crippen LogP contribution in [0.1, 0.15) is 41.6 Å². The van der Waals surface area contributed by atoms with Crippen molar-refractivity contribution in [1.29, 1.82) is 0 Å². The standard InChI is InChI=1S/C20H26FN3O3/c1-13-2-3-16(12-17(13)21)19(26)23-9-8-22-18(25)14-6-10-24(11-7-14)20(27)15-4-5-15/h2-3,12,14-15H,4-11H2,1H3,(H,22,25)(H,23,26). The molecule has 1 saturated carbocycles. The lowest BCUT2D eigenvalue weighted by atomic mass is 9.95. The van der Waals surface area contributed by atoms with Gasteiger partial charge in [0.1, 0.15) is 5.82 Å². The van der Waals surface area contributed by atoms with Crippen LogP contribution in [0.15, 0.2) is 18.2 Å². The number of benzene rings is 1. The molecule has 0 aromatic heterocycles. The van der Waals surface area contributed by atoms with Gasteiger partial charge in [0, 0.05) is 43.6 Å². The maximum Gasteiger partial charge on any atom is 0.251 e. The Morgan fingerprint density at radius 3 is 2.33 bits per heavy atom. The molecule has 0 spiro atoms. The third-order valence-electron chi connectivity index (χ3n) is 5.25. The van der Waals surface area contributed by atoms with E-state index < -0.39 is 5.82 Å². The number of carbonyl (C=O) groups is 3. The molecule has 7 heteroatoms. The highest BCUT2D eigenvalue weighted by Gasteiger charge is 2.35. The first-order valence-corrected chi connectivity index (χ1v) is 9.56. The van der Waals surface area contributed by atoms with Crippen LogP contribution in [0.25, 0.3) is 0 Å². The van der Waals surface area contributed by atoms with Crippen LogP contribution >= 0.6 is 0 Å². The van der Waals surface area contributed by atoms with Crippen LogP contribution in [0, 0.1) is 24.6 Å². The van der Waals surface area contributed by atoms with Gasteiger partial charge in [-0.2, -0.15) is 0 Å². The van der Waals surface area contributed by atoms with Crippen molar-refractivity contribution in [1.82, 2.24) is 15.5 Å². The fourth-order valence-electron chi connectivity index (χ4n) is 3.29. The summed E-state index contributed by atoms with van der Waals surface area (Å²) >= 11 is 0. The van der Waals surface area contributed by atoms with Gasteiger partial charge in [-0.15, -0.1) is 0 Å². The van der Waals surface area contributed by atoms with E-state index in [-0.39, 0.29) is 41.7 Å². The minimum atomic E-state index is -0.414. The molecule has 1 saturated heterocycles. The van der Waals surface area contributed by atoms with E-state index in [0.29, 0.717) is 38.0 Å². The van der Waals surface area contributed by atoms with Gasteiger partial charge in [0.15, 0.2) is 0 Å². The lowest BCUT2D eigenvalue weighted by Gasteiger charge is -2.31. The van der Waals surface area contributed by atoms with Crippen LogP contribution in [0.4, 0.5) is 4.39 Å². The largest absolute Gasteiger partial charge is 0.354 e. The van der Waals surface area contributed by atoms with Crippen molar-refractivity contribution in [3.8, 4) is 0 Å². The Balaban J connectivity index is 1.34. The Bertz CT molecular complexity index is 725. The summed E-state index contributed by atoms with van der Waals surface area (Å²) in [5.74, 6) is -0.443. The van der Waals surface area contributed by atoms with Gasteiger partial charge < -0.3 is 15.5 Å². The molecule has 0 atom stereocenters. The number of nitrogens with one attached hydrogen (secondary N) is 2. The predicted octanol–water partition coefficient (Wildman–Crippen LogP) is 1.63. The van der Waals surface area contributed by atoms with Gasteiger partial charge in [0.05, 0.1) is 0 Å². The molecule has 27 heavy (non-hydrogen) atoms. The van der Waals surface area contributed by atoms with Crippen molar-refractivity contribution in [2.45, 2.75) is 32.6 Å². The lowest BCUT2D eigenvalue weighted by Crippen LogP contribution is -2.44. The summed E-state index contributed by atoms with van der Waals surface area (Å²) in [5.41, 5.74) is 0.751. The van der Waals surface area contributed by atoms with Gasteiger partial charge in [0.2, 0.25) is 11.8 Å². The van der Waals surface area contributed by atoms with E-state index in [2.05, 4.69) is 10.6 Å². The average Bonchev–Trinajstić information content (AvgIpc) is 3.52. The van der Waals surface area contributed by atoms with Gasteiger partial charge in [0.25, 0.3) is 5.91 Å². The van der Waals surface area contributed by atoms with Gasteiger partial charge in [-0.3, -0.25) is 14.4 Å². The highest BCUT2D eigenvalue weighted by molar-refractivity contribution is 5.94. The number of halogens is 1. The molecule has 2 N–H and O–H groups in total. The smallest absolute Gasteiger partial charge is 0.251 e. The lowest BCUT2D eigenvalue weighted by molar-refractivity contribution is -0.136. The third-order valence-corrected chi connectivity index (χ3v) is 5.25. The summed E-state index contributed by atoms with van der Waals surface area (Å²) in [6, 6.07) is 4.34. The van der Waals surface area contributed by atoms with Crippen molar-refractivity contribution in [3.63, 3.8) is 0 Å². The summed E-state index contributed by atoms with van der Waals surface area (Å²) in [5, 5.41) is 5.50. The first kappa shape index (κ1) is 19.3. The van der Waals surface area contributed by atoms with Gasteiger partial charge >= 0.3 is 0 Å². The number of aryl methyl sites for hydroxylation is 1. The monoisotopic (exact) mass is 375 g/mol. The number of nitrogens with zero attached hydrogens (tertiary/aromatic N) is 1. The zero-order valence-corrected chi connectivity index (χ0v) is 15.6. The summed E-state index contributed by atoms with van der Waals surface area (Å²) in [6.45, 7) is 3.52. The van der Waals surface area contributed by atoms with E-state index in [1.807, 2.05) is 4.90 Å². The molecule has 0 unspecified atom stereocenters. The topological polar surface area (TPSA) is 78.5 Å². The van der Waals surface area contributed by atoms with Crippen LogP contribution < -0.4 is 10.6 Å². The van der Waals surface area contributed by atoms with Crippen LogP contribution in [0.5, 0.6) is 0 Å². The molecule has 2 fully saturated rings. The van der Waals surface area contributed by atoms with E-state index in [9.17, 15) is 18.8 Å². The molecule has 0 bridgehead atoms. The molecule has 3 rings (SSSR count). The zero-order valence-electron chi connectivity index (χ0n) is 15.6. The SMILES string of the molecule is Cc1ccc(C(=O)NCCNC(=O)C2CCN(C(=O)C3CC3)CC2)cc1F. The molecular weight excluding hydrogens is 349 g/mol. The van der Waals surface area contributed by atoms with Crippen molar-refractivity contribution < 1.29 is 18.8 Å². The van der Waals surface area contributed by atoms with Crippen molar-refractivity contribution >= 4 is 17.7 Å². The second kappa shape index (κ2) is 8.50. The fourth-order valence-corrected chi connectivity index (χ4v) is 3.29. The van der Waals surface area contributed by atoms with E-state index >= 15 is 0 Å². The van der Waals surface area contributed by atoms with Gasteiger partial charge in [-0.05, 0) is 50.3 Å². The Morgan fingerprint density at radius 2 is 1.70 bits per heavy atom. The predicted molar refractivity (Wildman–Crippen MR) is 98.5 cm³/mol. The molecule has 6 nitrogen and oxygen atoms in total. The molecule has 146 valence electrons. The maximum atomic E-state index is 13.5. The number of hydrogen-bond donors (Lipinski definition) is 2. The van der Waals surface area contributed by atoms with Crippen LogP contribution in [-0.2, 0) is 9.59 Å². The Labute approximate surface area is 158 Å². The van der Waals surface area contributed by atoms with Crippen LogP contribution in [-0.4, -0.2) is 48.8 Å². The quantitative estimate of drug-likeness (QED) is 0.742. The van der Waals surface area contributed by atoms with Crippen LogP contribution in [0.2, 0.25) is 0 Å². The van der Waals surface area contributed by atoms with E-state index in [1.54, 1.807) is 19.1 Å². The number of hydrogen-bond acceptors (Lipinski definition) is 3. The molecule has 1 aromatic carbocycles. The van der Waals surface area contributed by atoms with Crippen molar-refractivity contribution in [2.75, 3.05) is 26.2 Å². The molecule has 2 aliphatic rings. The Kier molecular flexibility index (Phi) is 6.08. The van der Waals surface area contributed by atoms with Crippen molar-refractivity contribution in [3.05, 3.63) is 35.1 Å². The van der Waals surface area contributed by atoms with Gasteiger partial charge in [-0.1, -0.05) is 6.07 Å². The second-order valence-corrected chi connectivity index (χ2v) is 7.38. The van der Waals surface area contributed by atoms with Gasteiger partial charge in [-0.25, -0.2) is 4.39 Å². The number of rotatable bonds is 6. The molecule has 1 aliphatic heterocycles. The first-order chi connectivity index (χ1) is 13.0. The second-order valence-electron chi connectivity index (χ2n) is 7.38. The minimum Gasteiger partial charge on any atom is -0.354 e. The number of carbonyl (C=O) groups excluding carboxylic acids is 3. The molecule has 1 aliphatic carbocycles. The fraction of sp³-hybridized carbons (Fsp3) is 0.550. The first-order valence-electron chi connectivity index (χ1n) is 9.56. The third kappa shape index (κ3) is 5.05. The van der Waals surface area contributed by atoms with Crippen molar-refractivity contribution in [2.24, 2.45) is 11.8 Å². The number of piperidine rings is 1. The average molecular weight is 375 g/mol. The van der Waals surface area contributed by atoms with E-state index in [1.165, 1.54) is 6.07 Å². The minimum absolute atomic E-state index is 0.0378. The molecular formula is C20H26FN3O3.